The van der Waals surface area contributed by atoms with Crippen LogP contribution in [0.25, 0.3) is 0 Å². The van der Waals surface area contributed by atoms with Crippen molar-refractivity contribution in [2.75, 3.05) is 12.4 Å². The molecule has 0 unspecified atom stereocenters. The number of methoxy groups -OCH3 is 1. The summed E-state index contributed by atoms with van der Waals surface area (Å²) in [6, 6.07) is 12.5. The molecule has 4 nitrogen and oxygen atoms in total. The molecule has 0 atom stereocenters. The lowest BCUT2D eigenvalue weighted by molar-refractivity contribution is -0.0501. The number of nitrogens with one attached hydrogen (secondary N) is 1. The Bertz CT molecular complexity index is 615. The molecule has 21 heavy (non-hydrogen) atoms. The highest BCUT2D eigenvalue weighted by atomic mass is 19.3. The predicted molar refractivity (Wildman–Crippen MR) is 74.0 cm³/mol. The van der Waals surface area contributed by atoms with Crippen molar-refractivity contribution in [2.24, 2.45) is 0 Å². The Hall–Kier alpha value is -2.63. The van der Waals surface area contributed by atoms with Gasteiger partial charge in [-0.15, -0.1) is 0 Å². The van der Waals surface area contributed by atoms with Gasteiger partial charge in [-0.1, -0.05) is 12.1 Å². The summed E-state index contributed by atoms with van der Waals surface area (Å²) in [6.07, 6.45) is 0. The third-order valence-corrected chi connectivity index (χ3v) is 2.70. The zero-order chi connectivity index (χ0) is 15.2. The fraction of sp³-hybridized carbons (Fsp3) is 0.133. The fourth-order valence-corrected chi connectivity index (χ4v) is 1.73. The molecule has 1 N–H and O–H groups in total. The number of hydrogen-bond acceptors (Lipinski definition) is 3. The summed E-state index contributed by atoms with van der Waals surface area (Å²) in [7, 11) is 1.53. The number of halogens is 2. The Morgan fingerprint density at radius 3 is 2.38 bits per heavy atom. The average Bonchev–Trinajstić information content (AvgIpc) is 2.48. The van der Waals surface area contributed by atoms with E-state index in [0.29, 0.717) is 11.4 Å². The van der Waals surface area contributed by atoms with Gasteiger partial charge in [0.15, 0.2) is 0 Å². The van der Waals surface area contributed by atoms with Crippen molar-refractivity contribution < 1.29 is 23.0 Å². The van der Waals surface area contributed by atoms with Crippen LogP contribution in [0.5, 0.6) is 11.5 Å². The largest absolute Gasteiger partial charge is 0.497 e. The number of carbonyl (C=O) groups excluding carboxylic acids is 1. The number of para-hydroxylation sites is 1. The summed E-state index contributed by atoms with van der Waals surface area (Å²) in [5, 5.41) is 2.60. The minimum absolute atomic E-state index is 0.0358. The van der Waals surface area contributed by atoms with E-state index in [9.17, 15) is 13.6 Å². The molecule has 0 aliphatic heterocycles. The molecule has 2 aromatic carbocycles. The van der Waals surface area contributed by atoms with Gasteiger partial charge in [-0.2, -0.15) is 8.78 Å². The predicted octanol–water partition coefficient (Wildman–Crippen LogP) is 3.55. The number of benzene rings is 2. The first kappa shape index (κ1) is 14.8. The summed E-state index contributed by atoms with van der Waals surface area (Å²) in [5.74, 6) is -0.0515. The molecule has 0 aromatic heterocycles. The maximum atomic E-state index is 12.3. The molecule has 1 amide bonds. The molecule has 0 bridgehead atoms. The van der Waals surface area contributed by atoms with Gasteiger partial charge in [0.05, 0.1) is 12.7 Å². The standard InChI is InChI=1S/C15H13F2NO3/c1-20-11-8-6-10(7-9-11)18-14(19)12-4-2-3-5-13(12)21-15(16)17/h2-9,15H,1H3,(H,18,19). The van der Waals surface area contributed by atoms with Crippen LogP contribution in [0.4, 0.5) is 14.5 Å². The highest BCUT2D eigenvalue weighted by Gasteiger charge is 2.15. The Kier molecular flexibility index (Phi) is 4.71. The van der Waals surface area contributed by atoms with Gasteiger partial charge in [-0.05, 0) is 36.4 Å². The highest BCUT2D eigenvalue weighted by Crippen LogP contribution is 2.22. The van der Waals surface area contributed by atoms with Gasteiger partial charge in [0.1, 0.15) is 11.5 Å². The molecular weight excluding hydrogens is 280 g/mol. The Morgan fingerprint density at radius 1 is 1.10 bits per heavy atom. The van der Waals surface area contributed by atoms with Crippen LogP contribution in [0.15, 0.2) is 48.5 Å². The molecule has 110 valence electrons. The molecule has 0 spiro atoms. The summed E-state index contributed by atoms with van der Waals surface area (Å²) in [5.41, 5.74) is 0.557. The van der Waals surface area contributed by atoms with E-state index < -0.39 is 12.5 Å². The Labute approximate surface area is 120 Å². The quantitative estimate of drug-likeness (QED) is 0.917. The van der Waals surface area contributed by atoms with Crippen LogP contribution in [0.2, 0.25) is 0 Å². The molecule has 2 aromatic rings. The third-order valence-electron chi connectivity index (χ3n) is 2.70. The Balaban J connectivity index is 2.16. The molecule has 2 rings (SSSR count). The second-order valence-corrected chi connectivity index (χ2v) is 4.06. The fourth-order valence-electron chi connectivity index (χ4n) is 1.73. The molecule has 0 saturated heterocycles. The van der Waals surface area contributed by atoms with Crippen molar-refractivity contribution in [3.8, 4) is 11.5 Å². The van der Waals surface area contributed by atoms with Crippen molar-refractivity contribution in [3.63, 3.8) is 0 Å². The van der Waals surface area contributed by atoms with E-state index in [1.165, 1.54) is 25.3 Å². The van der Waals surface area contributed by atoms with Crippen LogP contribution >= 0.6 is 0 Å². The first-order chi connectivity index (χ1) is 10.1. The van der Waals surface area contributed by atoms with Gasteiger partial charge >= 0.3 is 6.61 Å². The average molecular weight is 293 g/mol. The lowest BCUT2D eigenvalue weighted by Gasteiger charge is -2.11. The molecule has 0 aliphatic rings. The van der Waals surface area contributed by atoms with Gasteiger partial charge < -0.3 is 14.8 Å². The summed E-state index contributed by atoms with van der Waals surface area (Å²) in [4.78, 5) is 12.1. The van der Waals surface area contributed by atoms with Crippen LogP contribution < -0.4 is 14.8 Å². The molecular formula is C15H13F2NO3. The normalized spacial score (nSPS) is 10.3. The molecule has 0 heterocycles. The first-order valence-corrected chi connectivity index (χ1v) is 6.09. The Morgan fingerprint density at radius 2 is 1.76 bits per heavy atom. The minimum Gasteiger partial charge on any atom is -0.497 e. The second-order valence-electron chi connectivity index (χ2n) is 4.06. The van der Waals surface area contributed by atoms with Gasteiger partial charge in [-0.25, -0.2) is 0 Å². The molecule has 6 heteroatoms. The lowest BCUT2D eigenvalue weighted by Crippen LogP contribution is -2.14. The van der Waals surface area contributed by atoms with Gasteiger partial charge in [0.25, 0.3) is 5.91 Å². The van der Waals surface area contributed by atoms with Gasteiger partial charge in [0.2, 0.25) is 0 Å². The van der Waals surface area contributed by atoms with Crippen molar-refractivity contribution in [1.29, 1.82) is 0 Å². The van der Waals surface area contributed by atoms with Crippen LogP contribution in [-0.4, -0.2) is 19.6 Å². The van der Waals surface area contributed by atoms with Crippen molar-refractivity contribution in [1.82, 2.24) is 0 Å². The van der Waals surface area contributed by atoms with E-state index in [1.807, 2.05) is 0 Å². The first-order valence-electron chi connectivity index (χ1n) is 6.09. The van der Waals surface area contributed by atoms with Crippen molar-refractivity contribution >= 4 is 11.6 Å². The second kappa shape index (κ2) is 6.69. The zero-order valence-electron chi connectivity index (χ0n) is 11.2. The number of amides is 1. The van der Waals surface area contributed by atoms with E-state index in [4.69, 9.17) is 4.74 Å². The summed E-state index contributed by atoms with van der Waals surface area (Å²) >= 11 is 0. The SMILES string of the molecule is COc1ccc(NC(=O)c2ccccc2OC(F)F)cc1. The minimum atomic E-state index is -2.99. The molecule has 0 radical (unpaired) electrons. The molecule has 0 fully saturated rings. The zero-order valence-corrected chi connectivity index (χ0v) is 11.2. The molecule has 0 aliphatic carbocycles. The van der Waals surface area contributed by atoms with E-state index >= 15 is 0 Å². The highest BCUT2D eigenvalue weighted by molar-refractivity contribution is 6.06. The maximum Gasteiger partial charge on any atom is 0.387 e. The van der Waals surface area contributed by atoms with Gasteiger partial charge in [-0.3, -0.25) is 4.79 Å². The number of carbonyl (C=O) groups is 1. The van der Waals surface area contributed by atoms with E-state index in [0.717, 1.165) is 0 Å². The number of hydrogen-bond donors (Lipinski definition) is 1. The van der Waals surface area contributed by atoms with Gasteiger partial charge in [0, 0.05) is 5.69 Å². The van der Waals surface area contributed by atoms with Crippen LogP contribution in [-0.2, 0) is 0 Å². The van der Waals surface area contributed by atoms with E-state index in [1.54, 1.807) is 30.3 Å². The molecule has 0 saturated carbocycles. The van der Waals surface area contributed by atoms with Crippen LogP contribution in [0.3, 0.4) is 0 Å². The third kappa shape index (κ3) is 3.92. The van der Waals surface area contributed by atoms with E-state index in [2.05, 4.69) is 10.1 Å². The van der Waals surface area contributed by atoms with Crippen LogP contribution in [0, 0.1) is 0 Å². The number of ether oxygens (including phenoxy) is 2. The summed E-state index contributed by atoms with van der Waals surface area (Å²) < 4.78 is 33.9. The number of rotatable bonds is 5. The van der Waals surface area contributed by atoms with Crippen LogP contribution in [0.1, 0.15) is 10.4 Å². The summed E-state index contributed by atoms with van der Waals surface area (Å²) in [6.45, 7) is -2.99. The smallest absolute Gasteiger partial charge is 0.387 e. The maximum absolute atomic E-state index is 12.3. The van der Waals surface area contributed by atoms with Crippen molar-refractivity contribution in [3.05, 3.63) is 54.1 Å². The van der Waals surface area contributed by atoms with E-state index in [-0.39, 0.29) is 11.3 Å². The van der Waals surface area contributed by atoms with Crippen molar-refractivity contribution in [2.45, 2.75) is 6.61 Å². The number of alkyl halides is 2. The lowest BCUT2D eigenvalue weighted by atomic mass is 10.2. The monoisotopic (exact) mass is 293 g/mol. The number of anilines is 1. The topological polar surface area (TPSA) is 47.6 Å².